The molecular weight excluding hydrogens is 358 g/mol. The lowest BCUT2D eigenvalue weighted by molar-refractivity contribution is -0.116. The Hall–Kier alpha value is -2.24. The van der Waals surface area contributed by atoms with E-state index in [9.17, 15) is 4.79 Å². The van der Waals surface area contributed by atoms with Crippen LogP contribution in [0.1, 0.15) is 17.7 Å². The van der Waals surface area contributed by atoms with Crippen LogP contribution < -0.4 is 14.8 Å². The maximum Gasteiger partial charge on any atom is 0.226 e. The molecule has 0 saturated carbocycles. The number of nitriles is 1. The molecule has 1 aromatic heterocycles. The number of methoxy groups -OCH3 is 2. The van der Waals surface area contributed by atoms with Crippen LogP contribution >= 0.6 is 23.1 Å². The van der Waals surface area contributed by atoms with Crippen molar-refractivity contribution in [3.63, 3.8) is 0 Å². The number of thiazole rings is 1. The number of carbonyl (C=O) groups excluding carboxylic acids is 1. The molecule has 0 fully saturated rings. The van der Waals surface area contributed by atoms with Crippen molar-refractivity contribution in [1.29, 1.82) is 5.26 Å². The minimum atomic E-state index is -0.115. The summed E-state index contributed by atoms with van der Waals surface area (Å²) in [5.74, 6) is 1.71. The van der Waals surface area contributed by atoms with E-state index in [1.807, 2.05) is 25.1 Å². The third-order valence-electron chi connectivity index (χ3n) is 3.38. The van der Waals surface area contributed by atoms with Gasteiger partial charge in [0, 0.05) is 6.42 Å². The zero-order valence-electron chi connectivity index (χ0n) is 14.3. The van der Waals surface area contributed by atoms with Gasteiger partial charge in [0.05, 0.1) is 35.9 Å². The summed E-state index contributed by atoms with van der Waals surface area (Å²) in [6, 6.07) is 7.60. The summed E-state index contributed by atoms with van der Waals surface area (Å²) in [6.07, 6.45) is 0.843. The van der Waals surface area contributed by atoms with Crippen molar-refractivity contribution in [2.45, 2.75) is 24.0 Å². The first-order valence-corrected chi connectivity index (χ1v) is 9.35. The minimum absolute atomic E-state index is 0.115. The van der Waals surface area contributed by atoms with Crippen molar-refractivity contribution in [3.05, 3.63) is 29.5 Å². The van der Waals surface area contributed by atoms with Gasteiger partial charge >= 0.3 is 0 Å². The molecule has 8 heteroatoms. The van der Waals surface area contributed by atoms with E-state index in [1.54, 1.807) is 14.2 Å². The highest BCUT2D eigenvalue weighted by Crippen LogP contribution is 2.32. The number of aromatic nitrogens is 1. The largest absolute Gasteiger partial charge is 0.497 e. The lowest BCUT2D eigenvalue weighted by atomic mass is 10.1. The van der Waals surface area contributed by atoms with Crippen LogP contribution in [0.2, 0.25) is 0 Å². The van der Waals surface area contributed by atoms with Gasteiger partial charge in [0.1, 0.15) is 11.5 Å². The highest BCUT2D eigenvalue weighted by atomic mass is 32.2. The molecule has 0 radical (unpaired) electrons. The van der Waals surface area contributed by atoms with Crippen molar-refractivity contribution in [2.75, 3.05) is 25.3 Å². The van der Waals surface area contributed by atoms with Gasteiger partial charge in [0.2, 0.25) is 5.91 Å². The Morgan fingerprint density at radius 3 is 2.88 bits per heavy atom. The van der Waals surface area contributed by atoms with Gasteiger partial charge in [-0.25, -0.2) is 4.98 Å². The molecule has 1 N–H and O–H groups in total. The minimum Gasteiger partial charge on any atom is -0.497 e. The quantitative estimate of drug-likeness (QED) is 0.707. The number of benzene rings is 1. The Morgan fingerprint density at radius 1 is 1.40 bits per heavy atom. The van der Waals surface area contributed by atoms with E-state index < -0.39 is 0 Å². The predicted octanol–water partition coefficient (Wildman–Crippen LogP) is 3.66. The van der Waals surface area contributed by atoms with Crippen LogP contribution in [-0.2, 0) is 11.2 Å². The van der Waals surface area contributed by atoms with Gasteiger partial charge in [-0.15, -0.1) is 0 Å². The van der Waals surface area contributed by atoms with Gasteiger partial charge in [-0.1, -0.05) is 23.1 Å². The van der Waals surface area contributed by atoms with Gasteiger partial charge in [0.25, 0.3) is 0 Å². The number of anilines is 1. The zero-order chi connectivity index (χ0) is 18.2. The van der Waals surface area contributed by atoms with Gasteiger partial charge in [-0.3, -0.25) is 4.79 Å². The molecule has 1 aromatic carbocycles. The van der Waals surface area contributed by atoms with Gasteiger partial charge in [-0.2, -0.15) is 5.26 Å². The first kappa shape index (κ1) is 19.1. The average molecular weight is 377 g/mol. The summed E-state index contributed by atoms with van der Waals surface area (Å²) in [7, 11) is 3.20. The highest BCUT2D eigenvalue weighted by Gasteiger charge is 2.12. The molecule has 1 amide bonds. The molecule has 132 valence electrons. The number of nitrogens with one attached hydrogen (secondary N) is 1. The summed E-state index contributed by atoms with van der Waals surface area (Å²) in [5.41, 5.74) is 1.74. The normalized spacial score (nSPS) is 10.2. The molecular formula is C17H19N3O3S2. The van der Waals surface area contributed by atoms with Crippen LogP contribution in [-0.4, -0.2) is 30.9 Å². The second kappa shape index (κ2) is 9.30. The molecule has 6 nitrogen and oxygen atoms in total. The van der Waals surface area contributed by atoms with E-state index in [4.69, 9.17) is 14.7 Å². The van der Waals surface area contributed by atoms with Crippen LogP contribution in [0.15, 0.2) is 22.4 Å². The maximum absolute atomic E-state index is 12.2. The molecule has 2 rings (SSSR count). The Balaban J connectivity index is 1.96. The second-order valence-corrected chi connectivity index (χ2v) is 7.31. The monoisotopic (exact) mass is 377 g/mol. The predicted molar refractivity (Wildman–Crippen MR) is 99.7 cm³/mol. The molecule has 2 aromatic rings. The summed E-state index contributed by atoms with van der Waals surface area (Å²) in [5, 5.41) is 12.0. The van der Waals surface area contributed by atoms with E-state index in [0.717, 1.165) is 27.0 Å². The van der Waals surface area contributed by atoms with E-state index in [1.165, 1.54) is 23.1 Å². The van der Waals surface area contributed by atoms with Crippen LogP contribution in [0.4, 0.5) is 5.13 Å². The topological polar surface area (TPSA) is 84.2 Å². The molecule has 0 bridgehead atoms. The fourth-order valence-electron chi connectivity index (χ4n) is 2.17. The van der Waals surface area contributed by atoms with Gasteiger partial charge in [0.15, 0.2) is 5.13 Å². The lowest BCUT2D eigenvalue weighted by Gasteiger charge is -2.10. The first-order valence-electron chi connectivity index (χ1n) is 7.55. The number of nitrogens with zero attached hydrogens (tertiary/aromatic N) is 2. The lowest BCUT2D eigenvalue weighted by Crippen LogP contribution is -2.12. The summed E-state index contributed by atoms with van der Waals surface area (Å²) in [4.78, 5) is 16.5. The SMILES string of the molecule is COc1ccc(OC)c(CCC(=O)Nc2nc(C)c(SCC#N)s2)c1. The van der Waals surface area contributed by atoms with Crippen molar-refractivity contribution >= 4 is 34.1 Å². The van der Waals surface area contributed by atoms with Crippen molar-refractivity contribution in [2.24, 2.45) is 0 Å². The van der Waals surface area contributed by atoms with Crippen LogP contribution in [0, 0.1) is 18.3 Å². The third-order valence-corrected chi connectivity index (χ3v) is 5.68. The number of amides is 1. The van der Waals surface area contributed by atoms with E-state index in [-0.39, 0.29) is 5.91 Å². The molecule has 1 heterocycles. The fraction of sp³-hybridized carbons (Fsp3) is 0.353. The van der Waals surface area contributed by atoms with Gasteiger partial charge in [-0.05, 0) is 37.1 Å². The summed E-state index contributed by atoms with van der Waals surface area (Å²) in [6.45, 7) is 1.87. The van der Waals surface area contributed by atoms with E-state index in [2.05, 4.69) is 16.4 Å². The molecule has 25 heavy (non-hydrogen) atoms. The van der Waals surface area contributed by atoms with Crippen LogP contribution in [0.3, 0.4) is 0 Å². The number of aryl methyl sites for hydroxylation is 2. The second-order valence-electron chi connectivity index (χ2n) is 5.06. The average Bonchev–Trinajstić information content (AvgIpc) is 2.96. The highest BCUT2D eigenvalue weighted by molar-refractivity contribution is 8.01. The Labute approximate surface area is 155 Å². The van der Waals surface area contributed by atoms with E-state index >= 15 is 0 Å². The Morgan fingerprint density at radius 2 is 2.20 bits per heavy atom. The summed E-state index contributed by atoms with van der Waals surface area (Å²) >= 11 is 2.81. The molecule has 0 unspecified atom stereocenters. The zero-order valence-corrected chi connectivity index (χ0v) is 15.9. The van der Waals surface area contributed by atoms with Crippen molar-refractivity contribution < 1.29 is 14.3 Å². The number of thioether (sulfide) groups is 1. The van der Waals surface area contributed by atoms with Crippen LogP contribution in [0.25, 0.3) is 0 Å². The number of carbonyl (C=O) groups is 1. The first-order chi connectivity index (χ1) is 12.1. The van der Waals surface area contributed by atoms with Crippen molar-refractivity contribution in [1.82, 2.24) is 4.98 Å². The van der Waals surface area contributed by atoms with Crippen LogP contribution in [0.5, 0.6) is 11.5 Å². The Bertz CT molecular complexity index is 784. The smallest absolute Gasteiger partial charge is 0.226 e. The number of ether oxygens (including phenoxy) is 2. The number of rotatable bonds is 8. The fourth-order valence-corrected chi connectivity index (χ4v) is 3.99. The molecule has 0 saturated heterocycles. The summed E-state index contributed by atoms with van der Waals surface area (Å²) < 4.78 is 11.5. The molecule has 0 atom stereocenters. The number of hydrogen-bond donors (Lipinski definition) is 1. The standard InChI is InChI=1S/C17H19N3O3S2/c1-11-16(24-9-8-18)25-17(19-11)20-15(21)7-4-12-10-13(22-2)5-6-14(12)23-3/h5-6,10H,4,7,9H2,1-3H3,(H,19,20,21). The number of hydrogen-bond acceptors (Lipinski definition) is 7. The molecule has 0 aliphatic rings. The van der Waals surface area contributed by atoms with Gasteiger partial charge < -0.3 is 14.8 Å². The van der Waals surface area contributed by atoms with Crippen molar-refractivity contribution in [3.8, 4) is 17.6 Å². The molecule has 0 aliphatic carbocycles. The third kappa shape index (κ3) is 5.37. The molecule has 0 aliphatic heterocycles. The maximum atomic E-state index is 12.2. The van der Waals surface area contributed by atoms with E-state index in [0.29, 0.717) is 23.7 Å². The Kier molecular flexibility index (Phi) is 7.10. The molecule has 0 spiro atoms.